The van der Waals surface area contributed by atoms with Crippen LogP contribution in [0, 0.1) is 5.92 Å². The summed E-state index contributed by atoms with van der Waals surface area (Å²) in [6.07, 6.45) is 2.93. The lowest BCUT2D eigenvalue weighted by Crippen LogP contribution is -2.46. The van der Waals surface area contributed by atoms with Gasteiger partial charge in [-0.2, -0.15) is 0 Å². The van der Waals surface area contributed by atoms with Crippen molar-refractivity contribution in [2.45, 2.75) is 52.1 Å². The monoisotopic (exact) mass is 260 g/mol. The SMILES string of the molecule is CCC(C)C(C)NC(=O)C1CCc2ccccc2N1. The van der Waals surface area contributed by atoms with Crippen molar-refractivity contribution < 1.29 is 4.79 Å². The molecule has 3 atom stereocenters. The minimum absolute atomic E-state index is 0.0959. The molecule has 3 nitrogen and oxygen atoms in total. The number of carbonyl (C=O) groups excluding carboxylic acids is 1. The highest BCUT2D eigenvalue weighted by molar-refractivity contribution is 5.85. The molecular formula is C16H24N2O. The van der Waals surface area contributed by atoms with E-state index in [0.717, 1.165) is 24.9 Å². The van der Waals surface area contributed by atoms with Gasteiger partial charge in [0.25, 0.3) is 0 Å². The molecule has 104 valence electrons. The van der Waals surface area contributed by atoms with Gasteiger partial charge in [-0.1, -0.05) is 38.5 Å². The van der Waals surface area contributed by atoms with Gasteiger partial charge < -0.3 is 10.6 Å². The number of amides is 1. The zero-order valence-electron chi connectivity index (χ0n) is 12.1. The van der Waals surface area contributed by atoms with E-state index in [0.29, 0.717) is 5.92 Å². The average molecular weight is 260 g/mol. The highest BCUT2D eigenvalue weighted by Crippen LogP contribution is 2.24. The molecule has 0 saturated heterocycles. The fourth-order valence-electron chi connectivity index (χ4n) is 2.46. The first-order valence-corrected chi connectivity index (χ1v) is 7.26. The molecule has 0 radical (unpaired) electrons. The molecule has 3 heteroatoms. The van der Waals surface area contributed by atoms with Crippen LogP contribution in [-0.2, 0) is 11.2 Å². The Labute approximate surface area is 115 Å². The van der Waals surface area contributed by atoms with E-state index >= 15 is 0 Å². The predicted octanol–water partition coefficient (Wildman–Crippen LogP) is 2.96. The van der Waals surface area contributed by atoms with Gasteiger partial charge in [-0.15, -0.1) is 0 Å². The van der Waals surface area contributed by atoms with Crippen LogP contribution in [0.1, 0.15) is 39.2 Å². The van der Waals surface area contributed by atoms with Gasteiger partial charge in [0.1, 0.15) is 6.04 Å². The van der Waals surface area contributed by atoms with E-state index in [1.165, 1.54) is 5.56 Å². The fourth-order valence-corrected chi connectivity index (χ4v) is 2.46. The van der Waals surface area contributed by atoms with Gasteiger partial charge in [0.15, 0.2) is 0 Å². The number of hydrogen-bond donors (Lipinski definition) is 2. The van der Waals surface area contributed by atoms with E-state index in [-0.39, 0.29) is 18.0 Å². The molecule has 2 N–H and O–H groups in total. The molecule has 0 aromatic heterocycles. The first kappa shape index (κ1) is 13.9. The Morgan fingerprint density at radius 2 is 2.16 bits per heavy atom. The summed E-state index contributed by atoms with van der Waals surface area (Å²) in [5.41, 5.74) is 2.41. The van der Waals surface area contributed by atoms with E-state index in [4.69, 9.17) is 0 Å². The Balaban J connectivity index is 1.95. The Morgan fingerprint density at radius 3 is 2.89 bits per heavy atom. The second kappa shape index (κ2) is 6.09. The summed E-state index contributed by atoms with van der Waals surface area (Å²) in [5.74, 6) is 0.641. The quantitative estimate of drug-likeness (QED) is 0.874. The number of anilines is 1. The number of rotatable bonds is 4. The van der Waals surface area contributed by atoms with Gasteiger partial charge in [0.05, 0.1) is 0 Å². The maximum Gasteiger partial charge on any atom is 0.242 e. The molecule has 0 bridgehead atoms. The number of fused-ring (bicyclic) bond motifs is 1. The Morgan fingerprint density at radius 1 is 1.42 bits per heavy atom. The van der Waals surface area contributed by atoms with Crippen LogP contribution in [0.5, 0.6) is 0 Å². The van der Waals surface area contributed by atoms with Crippen LogP contribution in [0.15, 0.2) is 24.3 Å². The van der Waals surface area contributed by atoms with Crippen molar-refractivity contribution in [2.75, 3.05) is 5.32 Å². The van der Waals surface area contributed by atoms with Crippen LogP contribution >= 0.6 is 0 Å². The number of benzene rings is 1. The van der Waals surface area contributed by atoms with Crippen LogP contribution in [0.2, 0.25) is 0 Å². The molecule has 1 aromatic rings. The molecule has 19 heavy (non-hydrogen) atoms. The Hall–Kier alpha value is -1.51. The second-order valence-corrected chi connectivity index (χ2v) is 5.58. The maximum atomic E-state index is 12.3. The summed E-state index contributed by atoms with van der Waals surface area (Å²) in [4.78, 5) is 12.3. The number of carbonyl (C=O) groups is 1. The van der Waals surface area contributed by atoms with E-state index in [2.05, 4.69) is 37.5 Å². The van der Waals surface area contributed by atoms with Crippen molar-refractivity contribution >= 4 is 11.6 Å². The van der Waals surface area contributed by atoms with Crippen LogP contribution in [-0.4, -0.2) is 18.0 Å². The van der Waals surface area contributed by atoms with Crippen molar-refractivity contribution in [3.05, 3.63) is 29.8 Å². The summed E-state index contributed by atoms with van der Waals surface area (Å²) in [6.45, 7) is 6.42. The molecule has 0 aliphatic carbocycles. The van der Waals surface area contributed by atoms with Gasteiger partial charge in [-0.25, -0.2) is 0 Å². The summed E-state index contributed by atoms with van der Waals surface area (Å²) in [5, 5.41) is 6.48. The Bertz CT molecular complexity index is 444. The van der Waals surface area contributed by atoms with Crippen LogP contribution in [0.4, 0.5) is 5.69 Å². The van der Waals surface area contributed by atoms with Crippen LogP contribution in [0.25, 0.3) is 0 Å². The van der Waals surface area contributed by atoms with E-state index in [1.807, 2.05) is 18.2 Å². The third-order valence-corrected chi connectivity index (χ3v) is 4.23. The third-order valence-electron chi connectivity index (χ3n) is 4.23. The average Bonchev–Trinajstić information content (AvgIpc) is 2.45. The fraction of sp³-hybridized carbons (Fsp3) is 0.562. The van der Waals surface area contributed by atoms with E-state index in [9.17, 15) is 4.79 Å². The van der Waals surface area contributed by atoms with Crippen molar-refractivity contribution in [3.8, 4) is 0 Å². The summed E-state index contributed by atoms with van der Waals surface area (Å²) in [6, 6.07) is 8.36. The predicted molar refractivity (Wildman–Crippen MR) is 79.2 cm³/mol. The maximum absolute atomic E-state index is 12.3. The first-order chi connectivity index (χ1) is 9.11. The molecule has 1 amide bonds. The first-order valence-electron chi connectivity index (χ1n) is 7.26. The third kappa shape index (κ3) is 3.28. The summed E-state index contributed by atoms with van der Waals surface area (Å²) in [7, 11) is 0. The number of hydrogen-bond acceptors (Lipinski definition) is 2. The van der Waals surface area contributed by atoms with Crippen molar-refractivity contribution in [1.82, 2.24) is 5.32 Å². The van der Waals surface area contributed by atoms with E-state index < -0.39 is 0 Å². The molecule has 0 saturated carbocycles. The smallest absolute Gasteiger partial charge is 0.242 e. The Kier molecular flexibility index (Phi) is 4.46. The largest absolute Gasteiger partial charge is 0.373 e. The lowest BCUT2D eigenvalue weighted by Gasteiger charge is -2.28. The molecule has 3 unspecified atom stereocenters. The number of nitrogens with one attached hydrogen (secondary N) is 2. The van der Waals surface area contributed by atoms with Crippen molar-refractivity contribution in [2.24, 2.45) is 5.92 Å². The second-order valence-electron chi connectivity index (χ2n) is 5.58. The molecule has 1 heterocycles. The zero-order valence-corrected chi connectivity index (χ0v) is 12.1. The zero-order chi connectivity index (χ0) is 13.8. The molecular weight excluding hydrogens is 236 g/mol. The highest BCUT2D eigenvalue weighted by atomic mass is 16.2. The van der Waals surface area contributed by atoms with Gasteiger partial charge in [0.2, 0.25) is 5.91 Å². The highest BCUT2D eigenvalue weighted by Gasteiger charge is 2.25. The van der Waals surface area contributed by atoms with Gasteiger partial charge in [-0.05, 0) is 37.3 Å². The molecule has 1 aromatic carbocycles. The molecule has 2 rings (SSSR count). The van der Waals surface area contributed by atoms with Crippen molar-refractivity contribution in [1.29, 1.82) is 0 Å². The normalized spacial score (nSPS) is 20.9. The lowest BCUT2D eigenvalue weighted by atomic mass is 9.96. The topological polar surface area (TPSA) is 41.1 Å². The minimum atomic E-state index is -0.0959. The molecule has 1 aliphatic rings. The van der Waals surface area contributed by atoms with Crippen molar-refractivity contribution in [3.63, 3.8) is 0 Å². The summed E-state index contributed by atoms with van der Waals surface area (Å²) >= 11 is 0. The van der Waals surface area contributed by atoms with Crippen LogP contribution in [0.3, 0.4) is 0 Å². The molecule has 1 aliphatic heterocycles. The van der Waals surface area contributed by atoms with Gasteiger partial charge in [0, 0.05) is 11.7 Å². The number of para-hydroxylation sites is 1. The minimum Gasteiger partial charge on any atom is -0.373 e. The van der Waals surface area contributed by atoms with Gasteiger partial charge >= 0.3 is 0 Å². The standard InChI is InChI=1S/C16H24N2O/c1-4-11(2)12(3)17-16(19)15-10-9-13-7-5-6-8-14(13)18-15/h5-8,11-12,15,18H,4,9-10H2,1-3H3,(H,17,19). The van der Waals surface area contributed by atoms with E-state index in [1.54, 1.807) is 0 Å². The van der Waals surface area contributed by atoms with Crippen LogP contribution < -0.4 is 10.6 Å². The lowest BCUT2D eigenvalue weighted by molar-refractivity contribution is -0.122. The summed E-state index contributed by atoms with van der Waals surface area (Å²) < 4.78 is 0. The van der Waals surface area contributed by atoms with Gasteiger partial charge in [-0.3, -0.25) is 4.79 Å². The molecule has 0 fully saturated rings. The molecule has 0 spiro atoms. The number of aryl methyl sites for hydroxylation is 1.